The van der Waals surface area contributed by atoms with E-state index in [0.717, 1.165) is 65.0 Å². The Bertz CT molecular complexity index is 522. The molecule has 0 rings (SSSR count). The summed E-state index contributed by atoms with van der Waals surface area (Å²) in [4.78, 5) is 28.8. The predicted molar refractivity (Wildman–Crippen MR) is 141 cm³/mol. The molecule has 0 N–H and O–H groups in total. The van der Waals surface area contributed by atoms with E-state index in [9.17, 15) is 9.59 Å². The van der Waals surface area contributed by atoms with Gasteiger partial charge in [-0.05, 0) is 72.6 Å². The second-order valence-corrected chi connectivity index (χ2v) is 9.45. The number of rotatable bonds is 23. The van der Waals surface area contributed by atoms with Gasteiger partial charge in [0.2, 0.25) is 0 Å². The lowest BCUT2D eigenvalue weighted by Crippen LogP contribution is -2.31. The molecular formula is C27H54N2O6. The van der Waals surface area contributed by atoms with Crippen LogP contribution in [0.4, 0.5) is 0 Å². The van der Waals surface area contributed by atoms with Crippen molar-refractivity contribution in [2.75, 3.05) is 59.1 Å². The van der Waals surface area contributed by atoms with Gasteiger partial charge in [-0.1, -0.05) is 27.7 Å². The number of nitrogens with zero attached hydrogens (tertiary/aromatic N) is 2. The first-order chi connectivity index (χ1) is 16.7. The van der Waals surface area contributed by atoms with Gasteiger partial charge in [-0.15, -0.1) is 0 Å². The topological polar surface area (TPSA) is 77.5 Å². The van der Waals surface area contributed by atoms with Crippen LogP contribution in [0.25, 0.3) is 0 Å². The molecule has 8 heteroatoms. The third kappa shape index (κ3) is 19.6. The molecule has 0 heterocycles. The lowest BCUT2D eigenvalue weighted by atomic mass is 10.3. The molecule has 8 nitrogen and oxygen atoms in total. The predicted octanol–water partition coefficient (Wildman–Crippen LogP) is 4.30. The SMILES string of the molecule is CCCN(CCC)CCC(=O)OCC(C)OCC(C)OCC(C)OC(=O)CCN(CCC)CCC. The van der Waals surface area contributed by atoms with Gasteiger partial charge < -0.3 is 28.7 Å². The van der Waals surface area contributed by atoms with Gasteiger partial charge in [-0.25, -0.2) is 0 Å². The van der Waals surface area contributed by atoms with E-state index in [1.54, 1.807) is 0 Å². The minimum atomic E-state index is -0.311. The monoisotopic (exact) mass is 502 g/mol. The summed E-state index contributed by atoms with van der Waals surface area (Å²) < 4.78 is 22.4. The molecule has 0 radical (unpaired) electrons. The maximum Gasteiger partial charge on any atom is 0.307 e. The van der Waals surface area contributed by atoms with Gasteiger partial charge in [0.05, 0.1) is 38.3 Å². The van der Waals surface area contributed by atoms with Gasteiger partial charge in [-0.3, -0.25) is 9.59 Å². The molecule has 0 aromatic rings. The largest absolute Gasteiger partial charge is 0.463 e. The normalized spacial score (nSPS) is 14.2. The summed E-state index contributed by atoms with van der Waals surface area (Å²) in [5, 5.41) is 0. The molecule has 208 valence electrons. The van der Waals surface area contributed by atoms with Crippen LogP contribution >= 0.6 is 0 Å². The number of esters is 2. The van der Waals surface area contributed by atoms with Crippen LogP contribution < -0.4 is 0 Å². The van der Waals surface area contributed by atoms with Crippen LogP contribution in [0, 0.1) is 0 Å². The maximum atomic E-state index is 12.1. The fourth-order valence-electron chi connectivity index (χ4n) is 3.73. The zero-order valence-corrected chi connectivity index (χ0v) is 23.7. The molecule has 0 amide bonds. The first kappa shape index (κ1) is 33.8. The summed E-state index contributed by atoms with van der Waals surface area (Å²) in [7, 11) is 0. The minimum Gasteiger partial charge on any atom is -0.463 e. The summed E-state index contributed by atoms with van der Waals surface area (Å²) in [5.74, 6) is -0.379. The Kier molecular flexibility index (Phi) is 21.2. The molecule has 0 saturated carbocycles. The molecule has 0 aromatic carbocycles. The van der Waals surface area contributed by atoms with Crippen molar-refractivity contribution in [3.63, 3.8) is 0 Å². The van der Waals surface area contributed by atoms with Gasteiger partial charge in [0.25, 0.3) is 0 Å². The van der Waals surface area contributed by atoms with E-state index in [-0.39, 0.29) is 36.9 Å². The highest BCUT2D eigenvalue weighted by Crippen LogP contribution is 2.04. The molecule has 0 aliphatic carbocycles. The van der Waals surface area contributed by atoms with Crippen LogP contribution in [0.1, 0.15) is 87.0 Å². The Balaban J connectivity index is 4.00. The molecular weight excluding hydrogens is 448 g/mol. The third-order valence-corrected chi connectivity index (χ3v) is 5.47. The Morgan fingerprint density at radius 3 is 1.43 bits per heavy atom. The summed E-state index contributed by atoms with van der Waals surface area (Å²) in [5.41, 5.74) is 0. The second kappa shape index (κ2) is 22.0. The molecule has 0 fully saturated rings. The molecule has 3 unspecified atom stereocenters. The van der Waals surface area contributed by atoms with E-state index < -0.39 is 0 Å². The first-order valence-electron chi connectivity index (χ1n) is 13.8. The molecule has 0 aliphatic rings. The summed E-state index contributed by atoms with van der Waals surface area (Å²) >= 11 is 0. The van der Waals surface area contributed by atoms with Crippen molar-refractivity contribution in [2.24, 2.45) is 0 Å². The summed E-state index contributed by atoms with van der Waals surface area (Å²) in [6.45, 7) is 20.6. The zero-order valence-electron chi connectivity index (χ0n) is 23.7. The van der Waals surface area contributed by atoms with Crippen molar-refractivity contribution in [3.05, 3.63) is 0 Å². The second-order valence-electron chi connectivity index (χ2n) is 9.45. The van der Waals surface area contributed by atoms with Gasteiger partial charge in [-0.2, -0.15) is 0 Å². The Labute approximate surface area is 215 Å². The average molecular weight is 503 g/mol. The number of hydrogen-bond donors (Lipinski definition) is 0. The van der Waals surface area contributed by atoms with Crippen LogP contribution in [0.5, 0.6) is 0 Å². The van der Waals surface area contributed by atoms with Gasteiger partial charge >= 0.3 is 11.9 Å². The number of hydrogen-bond acceptors (Lipinski definition) is 8. The Morgan fingerprint density at radius 2 is 0.971 bits per heavy atom. The highest BCUT2D eigenvalue weighted by Gasteiger charge is 2.15. The summed E-state index contributed by atoms with van der Waals surface area (Å²) in [6, 6.07) is 0. The fourth-order valence-corrected chi connectivity index (χ4v) is 3.73. The fraction of sp³-hybridized carbons (Fsp3) is 0.926. The molecule has 35 heavy (non-hydrogen) atoms. The van der Waals surface area contributed by atoms with Crippen LogP contribution in [0.15, 0.2) is 0 Å². The average Bonchev–Trinajstić information content (AvgIpc) is 2.82. The lowest BCUT2D eigenvalue weighted by molar-refractivity contribution is -0.155. The van der Waals surface area contributed by atoms with E-state index in [4.69, 9.17) is 18.9 Å². The lowest BCUT2D eigenvalue weighted by Gasteiger charge is -2.22. The van der Waals surface area contributed by atoms with E-state index in [0.29, 0.717) is 26.1 Å². The minimum absolute atomic E-state index is 0.157. The standard InChI is InChI=1S/C27H54N2O6/c1-8-14-28(15-9-2)18-12-26(30)34-21-24(6)32-20-23(5)33-22-25(7)35-27(31)13-19-29(16-10-3)17-11-4/h23-25H,8-22H2,1-7H3. The quantitative estimate of drug-likeness (QED) is 0.192. The molecule has 0 aliphatic heterocycles. The van der Waals surface area contributed by atoms with Crippen LogP contribution in [0.3, 0.4) is 0 Å². The van der Waals surface area contributed by atoms with Crippen LogP contribution in [-0.4, -0.2) is 99.1 Å². The highest BCUT2D eigenvalue weighted by atomic mass is 16.6. The van der Waals surface area contributed by atoms with Gasteiger partial charge in [0.15, 0.2) is 0 Å². The molecule has 0 aromatic heterocycles. The zero-order chi connectivity index (χ0) is 26.5. The van der Waals surface area contributed by atoms with Gasteiger partial charge in [0.1, 0.15) is 12.7 Å². The van der Waals surface area contributed by atoms with Crippen molar-refractivity contribution in [1.29, 1.82) is 0 Å². The Hall–Kier alpha value is -1.22. The molecule has 0 saturated heterocycles. The number of ether oxygens (including phenoxy) is 4. The molecule has 0 bridgehead atoms. The highest BCUT2D eigenvalue weighted by molar-refractivity contribution is 5.70. The van der Waals surface area contributed by atoms with E-state index in [1.165, 1.54) is 0 Å². The van der Waals surface area contributed by atoms with Crippen molar-refractivity contribution < 1.29 is 28.5 Å². The maximum absolute atomic E-state index is 12.1. The van der Waals surface area contributed by atoms with E-state index >= 15 is 0 Å². The molecule has 0 spiro atoms. The molecule has 3 atom stereocenters. The van der Waals surface area contributed by atoms with E-state index in [1.807, 2.05) is 20.8 Å². The van der Waals surface area contributed by atoms with Crippen molar-refractivity contribution in [1.82, 2.24) is 9.80 Å². The van der Waals surface area contributed by atoms with Crippen molar-refractivity contribution >= 4 is 11.9 Å². The first-order valence-corrected chi connectivity index (χ1v) is 13.8. The number of carbonyl (C=O) groups is 2. The van der Waals surface area contributed by atoms with Crippen molar-refractivity contribution in [2.45, 2.75) is 105 Å². The number of carbonyl (C=O) groups excluding carboxylic acids is 2. The van der Waals surface area contributed by atoms with Crippen LogP contribution in [-0.2, 0) is 28.5 Å². The smallest absolute Gasteiger partial charge is 0.307 e. The summed E-state index contributed by atoms with van der Waals surface area (Å²) in [6.07, 6.45) is 4.44. The van der Waals surface area contributed by atoms with Crippen LogP contribution in [0.2, 0.25) is 0 Å². The third-order valence-electron chi connectivity index (χ3n) is 5.47. The van der Waals surface area contributed by atoms with E-state index in [2.05, 4.69) is 37.5 Å². The van der Waals surface area contributed by atoms with Crippen molar-refractivity contribution in [3.8, 4) is 0 Å². The Morgan fingerprint density at radius 1 is 0.571 bits per heavy atom. The van der Waals surface area contributed by atoms with Gasteiger partial charge in [0, 0.05) is 13.1 Å².